The number of esters is 1. The lowest BCUT2D eigenvalue weighted by atomic mass is 9.57. The topological polar surface area (TPSA) is 76.4 Å². The highest BCUT2D eigenvalue weighted by Crippen LogP contribution is 2.27. The Labute approximate surface area is 117 Å². The van der Waals surface area contributed by atoms with Crippen LogP contribution in [-0.2, 0) is 14.2 Å². The molecule has 5 nitrogen and oxygen atoms in total. The smallest absolute Gasteiger partial charge is 0.425 e. The lowest BCUT2D eigenvalue weighted by Gasteiger charge is -2.08. The summed E-state index contributed by atoms with van der Waals surface area (Å²) in [4.78, 5) is 23.6. The lowest BCUT2D eigenvalue weighted by Crippen LogP contribution is -2.24. The molecule has 0 spiro atoms. The standard InChI is InChI=1S/C14H14BNO4/c1-10-2-4-11(5-3-10)13(17)7-6-12-14(18)19-8-15(12)20-9-16/h2-5,12H,6-8H2,1H3. The Bertz CT molecular complexity index is 549. The number of aryl methyl sites for hydroxylation is 1. The van der Waals surface area contributed by atoms with Gasteiger partial charge in [0, 0.05) is 12.0 Å². The van der Waals surface area contributed by atoms with Crippen molar-refractivity contribution in [1.29, 1.82) is 5.26 Å². The molecule has 20 heavy (non-hydrogen) atoms. The number of carbonyl (C=O) groups excluding carboxylic acids is 2. The van der Waals surface area contributed by atoms with Crippen molar-refractivity contribution in [2.75, 3.05) is 6.51 Å². The molecule has 1 aromatic carbocycles. The van der Waals surface area contributed by atoms with E-state index in [0.717, 1.165) is 5.56 Å². The van der Waals surface area contributed by atoms with Gasteiger partial charge in [0.05, 0.1) is 5.82 Å². The Morgan fingerprint density at radius 2 is 2.20 bits per heavy atom. The maximum Gasteiger partial charge on any atom is 0.425 e. The fourth-order valence-electron chi connectivity index (χ4n) is 2.20. The van der Waals surface area contributed by atoms with Crippen LogP contribution in [0.15, 0.2) is 24.3 Å². The first-order valence-electron chi connectivity index (χ1n) is 6.43. The fourth-order valence-corrected chi connectivity index (χ4v) is 2.20. The SMILES string of the molecule is Cc1ccc(C(=O)CCC2B(OC#N)COC2=O)cc1. The molecule has 0 N–H and O–H groups in total. The third-order valence-corrected chi connectivity index (χ3v) is 3.40. The molecule has 0 amide bonds. The largest absolute Gasteiger partial charge is 0.493 e. The number of hydrogen-bond donors (Lipinski definition) is 0. The molecule has 0 saturated carbocycles. The van der Waals surface area contributed by atoms with Gasteiger partial charge in [0.25, 0.3) is 6.26 Å². The van der Waals surface area contributed by atoms with Crippen LogP contribution in [0.2, 0.25) is 5.82 Å². The molecule has 1 atom stereocenters. The molecule has 0 bridgehead atoms. The van der Waals surface area contributed by atoms with E-state index >= 15 is 0 Å². The second kappa shape index (κ2) is 6.24. The van der Waals surface area contributed by atoms with Crippen LogP contribution in [0.1, 0.15) is 28.8 Å². The van der Waals surface area contributed by atoms with Crippen molar-refractivity contribution in [3.63, 3.8) is 0 Å². The second-order valence-corrected chi connectivity index (χ2v) is 4.81. The van der Waals surface area contributed by atoms with E-state index in [1.165, 1.54) is 0 Å². The van der Waals surface area contributed by atoms with Gasteiger partial charge in [-0.2, -0.15) is 5.26 Å². The normalized spacial score (nSPS) is 17.5. The third kappa shape index (κ3) is 3.18. The number of hydrogen-bond acceptors (Lipinski definition) is 5. The minimum absolute atomic E-state index is 0.0274. The van der Waals surface area contributed by atoms with Crippen LogP contribution in [-0.4, -0.2) is 25.2 Å². The minimum Gasteiger partial charge on any atom is -0.493 e. The van der Waals surface area contributed by atoms with E-state index in [0.29, 0.717) is 12.0 Å². The third-order valence-electron chi connectivity index (χ3n) is 3.40. The molecule has 2 rings (SSSR count). The van der Waals surface area contributed by atoms with Crippen LogP contribution in [0.5, 0.6) is 0 Å². The van der Waals surface area contributed by atoms with E-state index < -0.39 is 18.7 Å². The molecule has 6 heteroatoms. The van der Waals surface area contributed by atoms with E-state index in [9.17, 15) is 9.59 Å². The summed E-state index contributed by atoms with van der Waals surface area (Å²) in [6.07, 6.45) is 2.13. The van der Waals surface area contributed by atoms with Gasteiger partial charge in [0.15, 0.2) is 5.78 Å². The number of carbonyl (C=O) groups is 2. The molecule has 1 fully saturated rings. The number of cyclic esters (lactones) is 1. The predicted octanol–water partition coefficient (Wildman–Crippen LogP) is 1.91. The quantitative estimate of drug-likeness (QED) is 0.354. The van der Waals surface area contributed by atoms with E-state index in [4.69, 9.17) is 14.7 Å². The highest BCUT2D eigenvalue weighted by Gasteiger charge is 2.43. The first-order chi connectivity index (χ1) is 9.61. The van der Waals surface area contributed by atoms with Gasteiger partial charge in [-0.3, -0.25) is 9.59 Å². The fraction of sp³-hybridized carbons (Fsp3) is 0.357. The van der Waals surface area contributed by atoms with Gasteiger partial charge in [-0.25, -0.2) is 0 Å². The zero-order valence-electron chi connectivity index (χ0n) is 11.2. The minimum atomic E-state index is -0.571. The van der Waals surface area contributed by atoms with Crippen molar-refractivity contribution >= 4 is 18.7 Å². The first-order valence-corrected chi connectivity index (χ1v) is 6.43. The second-order valence-electron chi connectivity index (χ2n) is 4.81. The van der Waals surface area contributed by atoms with Gasteiger partial charge >= 0.3 is 12.9 Å². The molecule has 0 aliphatic carbocycles. The molecule has 1 saturated heterocycles. The Morgan fingerprint density at radius 3 is 2.85 bits per heavy atom. The molecule has 0 radical (unpaired) electrons. The number of rotatable bonds is 5. The number of benzene rings is 1. The molecular weight excluding hydrogens is 257 g/mol. The summed E-state index contributed by atoms with van der Waals surface area (Å²) in [6, 6.07) is 7.29. The number of ketones is 1. The van der Waals surface area contributed by atoms with Gasteiger partial charge in [-0.05, 0) is 13.3 Å². The predicted molar refractivity (Wildman–Crippen MR) is 71.9 cm³/mol. The summed E-state index contributed by atoms with van der Waals surface area (Å²) in [7, 11) is 0. The molecule has 0 aromatic heterocycles. The highest BCUT2D eigenvalue weighted by molar-refractivity contribution is 6.60. The number of ether oxygens (including phenoxy) is 1. The monoisotopic (exact) mass is 271 g/mol. The summed E-state index contributed by atoms with van der Waals surface area (Å²) in [5.41, 5.74) is 1.71. The Hall–Kier alpha value is -2.29. The van der Waals surface area contributed by atoms with Gasteiger partial charge in [0.2, 0.25) is 0 Å². The van der Waals surface area contributed by atoms with Crippen molar-refractivity contribution in [1.82, 2.24) is 0 Å². The van der Waals surface area contributed by atoms with Crippen molar-refractivity contribution in [3.05, 3.63) is 35.4 Å². The van der Waals surface area contributed by atoms with Crippen molar-refractivity contribution < 1.29 is 19.0 Å². The van der Waals surface area contributed by atoms with Gasteiger partial charge in [0.1, 0.15) is 6.51 Å². The maximum absolute atomic E-state index is 12.0. The maximum atomic E-state index is 12.0. The van der Waals surface area contributed by atoms with Crippen molar-refractivity contribution in [2.45, 2.75) is 25.6 Å². The van der Waals surface area contributed by atoms with E-state index in [1.807, 2.05) is 19.1 Å². The van der Waals surface area contributed by atoms with Crippen LogP contribution in [0.4, 0.5) is 0 Å². The molecule has 1 unspecified atom stereocenters. The first kappa shape index (κ1) is 14.1. The summed E-state index contributed by atoms with van der Waals surface area (Å²) in [5.74, 6) is -0.966. The molecule has 1 aromatic rings. The molecule has 1 aliphatic heterocycles. The number of Topliss-reactive ketones (excluding diaryl/α,β-unsaturated/α-hetero) is 1. The summed E-state index contributed by atoms with van der Waals surface area (Å²) in [6.45, 7) is 1.46. The van der Waals surface area contributed by atoms with E-state index in [-0.39, 0.29) is 18.7 Å². The molecule has 1 aliphatic rings. The average Bonchev–Trinajstić information content (AvgIpc) is 2.78. The van der Waals surface area contributed by atoms with Crippen LogP contribution >= 0.6 is 0 Å². The average molecular weight is 271 g/mol. The summed E-state index contributed by atoms with van der Waals surface area (Å²) < 4.78 is 9.65. The molecule has 102 valence electrons. The zero-order valence-corrected chi connectivity index (χ0v) is 11.2. The van der Waals surface area contributed by atoms with Gasteiger partial charge in [-0.15, -0.1) is 0 Å². The summed E-state index contributed by atoms with van der Waals surface area (Å²) in [5, 5.41) is 8.51. The summed E-state index contributed by atoms with van der Waals surface area (Å²) >= 11 is 0. The zero-order chi connectivity index (χ0) is 14.5. The van der Waals surface area contributed by atoms with Crippen LogP contribution in [0.25, 0.3) is 0 Å². The van der Waals surface area contributed by atoms with Crippen LogP contribution < -0.4 is 0 Å². The lowest BCUT2D eigenvalue weighted by molar-refractivity contribution is -0.139. The highest BCUT2D eigenvalue weighted by atomic mass is 16.6. The van der Waals surface area contributed by atoms with E-state index in [2.05, 4.69) is 0 Å². The Kier molecular flexibility index (Phi) is 4.41. The van der Waals surface area contributed by atoms with Crippen molar-refractivity contribution in [2.24, 2.45) is 0 Å². The van der Waals surface area contributed by atoms with Crippen molar-refractivity contribution in [3.8, 4) is 6.26 Å². The van der Waals surface area contributed by atoms with Gasteiger partial charge < -0.3 is 9.39 Å². The van der Waals surface area contributed by atoms with Crippen LogP contribution in [0.3, 0.4) is 0 Å². The molecular formula is C14H14BNO4. The Morgan fingerprint density at radius 1 is 1.50 bits per heavy atom. The van der Waals surface area contributed by atoms with E-state index in [1.54, 1.807) is 18.4 Å². The number of nitriles is 1. The number of nitrogens with zero attached hydrogens (tertiary/aromatic N) is 1. The van der Waals surface area contributed by atoms with Gasteiger partial charge in [-0.1, -0.05) is 29.8 Å². The Balaban J connectivity index is 1.94. The van der Waals surface area contributed by atoms with Crippen LogP contribution in [0, 0.1) is 18.4 Å². The molecule has 1 heterocycles.